The highest BCUT2D eigenvalue weighted by atomic mass is 31.2. The molecule has 0 saturated heterocycles. The van der Waals surface area contributed by atoms with E-state index < -0.39 is 13.2 Å². The first kappa shape index (κ1) is 22.1. The molecule has 3 aromatic carbocycles. The first-order chi connectivity index (χ1) is 14.4. The Kier molecular flexibility index (Phi) is 7.36. The predicted octanol–water partition coefficient (Wildman–Crippen LogP) is 6.14. The summed E-state index contributed by atoms with van der Waals surface area (Å²) in [6.07, 6.45) is 0. The van der Waals surface area contributed by atoms with E-state index in [1.807, 2.05) is 104 Å². The summed E-state index contributed by atoms with van der Waals surface area (Å²) in [4.78, 5) is 2.03. The molecular weight excluding hydrogens is 391 g/mol. The van der Waals surface area contributed by atoms with Crippen molar-refractivity contribution in [1.29, 1.82) is 0 Å². The minimum absolute atomic E-state index is 0.271. The number of benzene rings is 3. The van der Waals surface area contributed by atoms with Crippen molar-refractivity contribution >= 4 is 24.0 Å². The van der Waals surface area contributed by atoms with Crippen LogP contribution in [0.2, 0.25) is 0 Å². The molecule has 0 spiro atoms. The monoisotopic (exact) mass is 422 g/mol. The van der Waals surface area contributed by atoms with Gasteiger partial charge in [0, 0.05) is 30.8 Å². The smallest absolute Gasteiger partial charge is 0.258 e. The molecule has 2 atom stereocenters. The van der Waals surface area contributed by atoms with Gasteiger partial charge in [0.2, 0.25) is 0 Å². The maximum Gasteiger partial charge on any atom is 0.258 e. The van der Waals surface area contributed by atoms with Crippen LogP contribution in [0.3, 0.4) is 0 Å². The van der Waals surface area contributed by atoms with E-state index in [4.69, 9.17) is 4.52 Å². The van der Waals surface area contributed by atoms with Crippen LogP contribution in [0.4, 0.5) is 11.4 Å². The SMILES string of the molecule is CC(C)CO[P@@](=O)(c1ccc(N(C)C)cc1)[C@H](Nc1ccccc1)c1ccccc1. The second-order valence-electron chi connectivity index (χ2n) is 8.02. The minimum atomic E-state index is -3.30. The Balaban J connectivity index is 2.09. The molecule has 3 aromatic rings. The number of hydrogen-bond acceptors (Lipinski definition) is 4. The second kappa shape index (κ2) is 9.97. The van der Waals surface area contributed by atoms with E-state index in [0.29, 0.717) is 11.9 Å². The van der Waals surface area contributed by atoms with Crippen LogP contribution in [0.15, 0.2) is 84.9 Å². The van der Waals surface area contributed by atoms with Gasteiger partial charge in [-0.25, -0.2) is 0 Å². The second-order valence-corrected chi connectivity index (χ2v) is 10.5. The molecule has 158 valence electrons. The van der Waals surface area contributed by atoms with E-state index in [1.54, 1.807) is 0 Å². The van der Waals surface area contributed by atoms with Gasteiger partial charge in [0.25, 0.3) is 7.37 Å². The molecule has 0 aromatic heterocycles. The quantitative estimate of drug-likeness (QED) is 0.421. The first-order valence-corrected chi connectivity index (χ1v) is 12.0. The van der Waals surface area contributed by atoms with E-state index >= 15 is 0 Å². The third-order valence-corrected chi connectivity index (χ3v) is 7.52. The van der Waals surface area contributed by atoms with E-state index in [-0.39, 0.29) is 5.92 Å². The van der Waals surface area contributed by atoms with Gasteiger partial charge in [-0.05, 0) is 47.9 Å². The molecule has 0 amide bonds. The number of hydrogen-bond donors (Lipinski definition) is 1. The fraction of sp³-hybridized carbons (Fsp3) is 0.280. The molecule has 0 radical (unpaired) electrons. The Morgan fingerprint density at radius 3 is 1.97 bits per heavy atom. The van der Waals surface area contributed by atoms with Crippen molar-refractivity contribution in [3.63, 3.8) is 0 Å². The van der Waals surface area contributed by atoms with Crippen LogP contribution in [0, 0.1) is 5.92 Å². The highest BCUT2D eigenvalue weighted by Gasteiger charge is 2.38. The molecule has 0 heterocycles. The molecule has 0 aliphatic heterocycles. The van der Waals surface area contributed by atoms with Gasteiger partial charge in [0.05, 0.1) is 6.61 Å². The Bertz CT molecular complexity index is 957. The molecule has 30 heavy (non-hydrogen) atoms. The van der Waals surface area contributed by atoms with E-state index in [0.717, 1.165) is 16.9 Å². The van der Waals surface area contributed by atoms with Crippen molar-refractivity contribution in [2.24, 2.45) is 5.92 Å². The third kappa shape index (κ3) is 5.33. The number of nitrogens with one attached hydrogen (secondary N) is 1. The zero-order chi connectivity index (χ0) is 21.6. The van der Waals surface area contributed by atoms with Crippen LogP contribution >= 0.6 is 7.37 Å². The number of nitrogens with zero attached hydrogens (tertiary/aromatic N) is 1. The van der Waals surface area contributed by atoms with Crippen molar-refractivity contribution in [2.75, 3.05) is 30.9 Å². The molecule has 3 rings (SSSR count). The van der Waals surface area contributed by atoms with Crippen LogP contribution in [-0.4, -0.2) is 20.7 Å². The van der Waals surface area contributed by atoms with Crippen LogP contribution < -0.4 is 15.5 Å². The molecule has 5 heteroatoms. The largest absolute Gasteiger partial charge is 0.378 e. The summed E-state index contributed by atoms with van der Waals surface area (Å²) in [5, 5.41) is 4.21. The molecule has 0 saturated carbocycles. The maximum absolute atomic E-state index is 14.6. The fourth-order valence-corrected chi connectivity index (χ4v) is 5.77. The summed E-state index contributed by atoms with van der Waals surface area (Å²) >= 11 is 0. The van der Waals surface area contributed by atoms with Gasteiger partial charge in [0.15, 0.2) is 0 Å². The first-order valence-electron chi connectivity index (χ1n) is 10.3. The van der Waals surface area contributed by atoms with E-state index in [2.05, 4.69) is 19.2 Å². The Morgan fingerprint density at radius 2 is 1.43 bits per heavy atom. The summed E-state index contributed by atoms with van der Waals surface area (Å²) in [6, 6.07) is 27.6. The minimum Gasteiger partial charge on any atom is -0.378 e. The van der Waals surface area contributed by atoms with Crippen LogP contribution in [0.25, 0.3) is 0 Å². The van der Waals surface area contributed by atoms with Crippen LogP contribution in [0.5, 0.6) is 0 Å². The molecule has 4 nitrogen and oxygen atoms in total. The lowest BCUT2D eigenvalue weighted by molar-refractivity contribution is 0.272. The lowest BCUT2D eigenvalue weighted by atomic mass is 10.2. The van der Waals surface area contributed by atoms with Gasteiger partial charge in [-0.2, -0.15) is 0 Å². The van der Waals surface area contributed by atoms with Gasteiger partial charge < -0.3 is 14.7 Å². The molecule has 0 aliphatic carbocycles. The van der Waals surface area contributed by atoms with Crippen molar-refractivity contribution in [3.8, 4) is 0 Å². The van der Waals surface area contributed by atoms with Gasteiger partial charge in [0.1, 0.15) is 5.78 Å². The molecule has 0 aliphatic rings. The zero-order valence-electron chi connectivity index (χ0n) is 18.2. The average Bonchev–Trinajstić information content (AvgIpc) is 2.77. The topological polar surface area (TPSA) is 41.6 Å². The zero-order valence-corrected chi connectivity index (χ0v) is 19.1. The lowest BCUT2D eigenvalue weighted by Gasteiger charge is -2.30. The highest BCUT2D eigenvalue weighted by Crippen LogP contribution is 2.59. The van der Waals surface area contributed by atoms with Crippen molar-refractivity contribution < 1.29 is 9.09 Å². The number of anilines is 2. The molecule has 0 bridgehead atoms. The highest BCUT2D eigenvalue weighted by molar-refractivity contribution is 7.67. The van der Waals surface area contributed by atoms with Gasteiger partial charge in [-0.1, -0.05) is 62.4 Å². The molecule has 0 fully saturated rings. The summed E-state index contributed by atoms with van der Waals surface area (Å²) in [6.45, 7) is 4.57. The van der Waals surface area contributed by atoms with E-state index in [1.165, 1.54) is 0 Å². The summed E-state index contributed by atoms with van der Waals surface area (Å²) in [7, 11) is 0.684. The molecule has 1 N–H and O–H groups in total. The third-order valence-electron chi connectivity index (χ3n) is 4.86. The van der Waals surface area contributed by atoms with Gasteiger partial charge in [-0.3, -0.25) is 4.57 Å². The number of para-hydroxylation sites is 1. The standard InChI is InChI=1S/C25H31N2O2P/c1-20(2)19-29-30(28,24-17-15-23(16-18-24)27(3)4)25(21-11-7-5-8-12-21)26-22-13-9-6-10-14-22/h5-18,20,25-26H,19H2,1-4H3/t25-,30-/m0/s1. The summed E-state index contributed by atoms with van der Waals surface area (Å²) in [5.74, 6) is -0.224. The maximum atomic E-state index is 14.6. The average molecular weight is 423 g/mol. The fourth-order valence-electron chi connectivity index (χ4n) is 3.21. The Hall–Kier alpha value is -2.55. The van der Waals surface area contributed by atoms with Crippen molar-refractivity contribution in [1.82, 2.24) is 0 Å². The predicted molar refractivity (Wildman–Crippen MR) is 128 cm³/mol. The van der Waals surface area contributed by atoms with Crippen LogP contribution in [-0.2, 0) is 9.09 Å². The molecular formula is C25H31N2O2P. The number of rotatable bonds is 9. The van der Waals surface area contributed by atoms with Crippen molar-refractivity contribution in [2.45, 2.75) is 19.6 Å². The summed E-state index contributed by atoms with van der Waals surface area (Å²) < 4.78 is 20.9. The van der Waals surface area contributed by atoms with Crippen LogP contribution in [0.1, 0.15) is 25.2 Å². The lowest BCUT2D eigenvalue weighted by Crippen LogP contribution is -2.22. The van der Waals surface area contributed by atoms with Gasteiger partial charge >= 0.3 is 0 Å². The summed E-state index contributed by atoms with van der Waals surface area (Å²) in [5.41, 5.74) is 2.90. The van der Waals surface area contributed by atoms with E-state index in [9.17, 15) is 4.57 Å². The van der Waals surface area contributed by atoms with Gasteiger partial charge in [-0.15, -0.1) is 0 Å². The normalized spacial score (nSPS) is 14.2. The van der Waals surface area contributed by atoms with Crippen molar-refractivity contribution in [3.05, 3.63) is 90.5 Å². The molecule has 0 unspecified atom stereocenters. The Morgan fingerprint density at radius 1 is 0.867 bits per heavy atom. The Labute approximate surface area is 180 Å².